The average molecular weight is 319 g/mol. The van der Waals surface area contributed by atoms with Crippen molar-refractivity contribution in [3.8, 4) is 0 Å². The third-order valence-corrected chi connectivity index (χ3v) is 3.97. The molecule has 3 heterocycles. The van der Waals surface area contributed by atoms with Gasteiger partial charge in [0, 0.05) is 52.2 Å². The molecule has 0 atom stereocenters. The molecule has 0 spiro atoms. The minimum atomic E-state index is 0.537. The third-order valence-electron chi connectivity index (χ3n) is 3.75. The Bertz CT molecular complexity index is 610. The first-order valence-corrected chi connectivity index (χ1v) is 7.71. The smallest absolute Gasteiger partial charge is 0.227 e. The van der Waals surface area contributed by atoms with Crippen LogP contribution in [0.4, 0.5) is 11.8 Å². The Kier molecular flexibility index (Phi) is 4.70. The molecule has 1 saturated heterocycles. The normalized spacial score (nSPS) is 15.8. The molecule has 0 radical (unpaired) electrons. The van der Waals surface area contributed by atoms with Crippen molar-refractivity contribution in [2.24, 2.45) is 0 Å². The van der Waals surface area contributed by atoms with E-state index in [0.29, 0.717) is 5.15 Å². The summed E-state index contributed by atoms with van der Waals surface area (Å²) in [6.45, 7) is 4.71. The van der Waals surface area contributed by atoms with Gasteiger partial charge in [0.05, 0.1) is 0 Å². The van der Waals surface area contributed by atoms with Gasteiger partial charge in [0.2, 0.25) is 5.95 Å². The summed E-state index contributed by atoms with van der Waals surface area (Å²) < 4.78 is 0. The van der Waals surface area contributed by atoms with E-state index >= 15 is 0 Å². The number of pyridine rings is 1. The molecule has 0 amide bonds. The monoisotopic (exact) mass is 318 g/mol. The molecule has 1 N–H and O–H groups in total. The molecule has 6 nitrogen and oxygen atoms in total. The van der Waals surface area contributed by atoms with Gasteiger partial charge in [0.1, 0.15) is 11.0 Å². The number of aromatic nitrogens is 3. The van der Waals surface area contributed by atoms with Crippen molar-refractivity contribution in [3.05, 3.63) is 41.3 Å². The van der Waals surface area contributed by atoms with Crippen LogP contribution >= 0.6 is 11.6 Å². The third kappa shape index (κ3) is 3.64. The second kappa shape index (κ2) is 6.89. The fourth-order valence-electron chi connectivity index (χ4n) is 2.50. The van der Waals surface area contributed by atoms with Gasteiger partial charge in [-0.05, 0) is 17.7 Å². The zero-order chi connectivity index (χ0) is 15.4. The first-order valence-electron chi connectivity index (χ1n) is 7.33. The zero-order valence-corrected chi connectivity index (χ0v) is 13.3. The lowest BCUT2D eigenvalue weighted by atomic mass is 10.2. The standard InChI is InChI=1S/C15H19ClN6/c1-17-14-4-5-18-15(20-14)22-8-6-21(7-9-22)11-12-2-3-13(16)19-10-12/h2-5,10H,6-9,11H2,1H3,(H,17,18,20). The average Bonchev–Trinajstić information content (AvgIpc) is 2.58. The lowest BCUT2D eigenvalue weighted by molar-refractivity contribution is 0.248. The molecule has 22 heavy (non-hydrogen) atoms. The van der Waals surface area contributed by atoms with Crippen LogP contribution in [0.2, 0.25) is 5.15 Å². The molecule has 0 saturated carbocycles. The first-order chi connectivity index (χ1) is 10.7. The summed E-state index contributed by atoms with van der Waals surface area (Å²) in [5.74, 6) is 1.64. The summed E-state index contributed by atoms with van der Waals surface area (Å²) in [6.07, 6.45) is 3.63. The lowest BCUT2D eigenvalue weighted by Gasteiger charge is -2.34. The highest BCUT2D eigenvalue weighted by molar-refractivity contribution is 6.29. The number of hydrogen-bond acceptors (Lipinski definition) is 6. The Balaban J connectivity index is 1.56. The molecule has 2 aromatic rings. The Morgan fingerprint density at radius 3 is 2.64 bits per heavy atom. The van der Waals surface area contributed by atoms with Crippen LogP contribution in [0.1, 0.15) is 5.56 Å². The topological polar surface area (TPSA) is 57.2 Å². The van der Waals surface area contributed by atoms with Crippen molar-refractivity contribution in [3.63, 3.8) is 0 Å². The Morgan fingerprint density at radius 1 is 1.14 bits per heavy atom. The van der Waals surface area contributed by atoms with Crippen molar-refractivity contribution in [1.29, 1.82) is 0 Å². The van der Waals surface area contributed by atoms with E-state index in [4.69, 9.17) is 11.6 Å². The maximum Gasteiger partial charge on any atom is 0.227 e. The van der Waals surface area contributed by atoms with Crippen molar-refractivity contribution < 1.29 is 0 Å². The molecule has 0 aliphatic carbocycles. The van der Waals surface area contributed by atoms with Crippen LogP contribution < -0.4 is 10.2 Å². The molecule has 7 heteroatoms. The molecular formula is C15H19ClN6. The minimum absolute atomic E-state index is 0.537. The Morgan fingerprint density at radius 2 is 1.95 bits per heavy atom. The molecule has 0 bridgehead atoms. The van der Waals surface area contributed by atoms with Crippen LogP contribution in [0.15, 0.2) is 30.6 Å². The van der Waals surface area contributed by atoms with E-state index in [9.17, 15) is 0 Å². The van der Waals surface area contributed by atoms with Crippen LogP contribution in [0.25, 0.3) is 0 Å². The molecule has 116 valence electrons. The van der Waals surface area contributed by atoms with Crippen LogP contribution in [-0.2, 0) is 6.54 Å². The van der Waals surface area contributed by atoms with Gasteiger partial charge in [0.25, 0.3) is 0 Å². The highest BCUT2D eigenvalue weighted by Gasteiger charge is 2.19. The number of hydrogen-bond donors (Lipinski definition) is 1. The number of piperazine rings is 1. The highest BCUT2D eigenvalue weighted by Crippen LogP contribution is 2.15. The summed E-state index contributed by atoms with van der Waals surface area (Å²) in [5.41, 5.74) is 1.19. The van der Waals surface area contributed by atoms with Gasteiger partial charge in [-0.2, -0.15) is 4.98 Å². The highest BCUT2D eigenvalue weighted by atomic mass is 35.5. The summed E-state index contributed by atoms with van der Waals surface area (Å²) in [6, 6.07) is 5.73. The molecule has 1 fully saturated rings. The van der Waals surface area contributed by atoms with Gasteiger partial charge in [0.15, 0.2) is 0 Å². The van der Waals surface area contributed by atoms with Crippen molar-refractivity contribution in [2.75, 3.05) is 43.4 Å². The quantitative estimate of drug-likeness (QED) is 0.869. The van der Waals surface area contributed by atoms with E-state index in [1.807, 2.05) is 31.4 Å². The molecule has 1 aliphatic rings. The van der Waals surface area contributed by atoms with Crippen molar-refractivity contribution >= 4 is 23.4 Å². The van der Waals surface area contributed by atoms with E-state index in [-0.39, 0.29) is 0 Å². The second-order valence-corrected chi connectivity index (χ2v) is 5.63. The number of anilines is 2. The van der Waals surface area contributed by atoms with E-state index in [0.717, 1.165) is 44.5 Å². The zero-order valence-electron chi connectivity index (χ0n) is 12.5. The van der Waals surface area contributed by atoms with Crippen LogP contribution in [-0.4, -0.2) is 53.1 Å². The Hall–Kier alpha value is -1.92. The fraction of sp³-hybridized carbons (Fsp3) is 0.400. The van der Waals surface area contributed by atoms with Gasteiger partial charge in [-0.25, -0.2) is 9.97 Å². The van der Waals surface area contributed by atoms with Gasteiger partial charge < -0.3 is 10.2 Å². The number of nitrogens with one attached hydrogen (secondary N) is 1. The van der Waals surface area contributed by atoms with Crippen molar-refractivity contribution in [2.45, 2.75) is 6.54 Å². The van der Waals surface area contributed by atoms with Crippen LogP contribution in [0.3, 0.4) is 0 Å². The molecule has 0 unspecified atom stereocenters. The summed E-state index contributed by atoms with van der Waals surface area (Å²) in [4.78, 5) is 17.6. The van der Waals surface area contributed by atoms with Gasteiger partial charge in [-0.1, -0.05) is 17.7 Å². The first kappa shape index (κ1) is 15.0. The van der Waals surface area contributed by atoms with Crippen LogP contribution in [0.5, 0.6) is 0 Å². The maximum absolute atomic E-state index is 5.82. The lowest BCUT2D eigenvalue weighted by Crippen LogP contribution is -2.46. The predicted molar refractivity (Wildman–Crippen MR) is 88.3 cm³/mol. The summed E-state index contributed by atoms with van der Waals surface area (Å²) >= 11 is 5.82. The minimum Gasteiger partial charge on any atom is -0.373 e. The van der Waals surface area contributed by atoms with Gasteiger partial charge in [-0.15, -0.1) is 0 Å². The predicted octanol–water partition coefficient (Wildman–Crippen LogP) is 1.89. The van der Waals surface area contributed by atoms with Gasteiger partial charge >= 0.3 is 0 Å². The van der Waals surface area contributed by atoms with E-state index in [2.05, 4.69) is 30.1 Å². The van der Waals surface area contributed by atoms with Gasteiger partial charge in [-0.3, -0.25) is 4.90 Å². The molecule has 2 aromatic heterocycles. The summed E-state index contributed by atoms with van der Waals surface area (Å²) in [7, 11) is 1.87. The number of rotatable bonds is 4. The van der Waals surface area contributed by atoms with Crippen molar-refractivity contribution in [1.82, 2.24) is 19.9 Å². The Labute approximate surface area is 135 Å². The van der Waals surface area contributed by atoms with E-state index < -0.39 is 0 Å². The number of halogens is 1. The fourth-order valence-corrected chi connectivity index (χ4v) is 2.62. The second-order valence-electron chi connectivity index (χ2n) is 5.24. The maximum atomic E-state index is 5.82. The molecular weight excluding hydrogens is 300 g/mol. The molecule has 3 rings (SSSR count). The summed E-state index contributed by atoms with van der Waals surface area (Å²) in [5, 5.41) is 3.58. The molecule has 0 aromatic carbocycles. The van der Waals surface area contributed by atoms with E-state index in [1.165, 1.54) is 5.56 Å². The largest absolute Gasteiger partial charge is 0.373 e. The molecule has 1 aliphatic heterocycles. The van der Waals surface area contributed by atoms with Crippen LogP contribution in [0, 0.1) is 0 Å². The van der Waals surface area contributed by atoms with E-state index in [1.54, 1.807) is 6.20 Å². The number of nitrogens with zero attached hydrogens (tertiary/aromatic N) is 5. The SMILES string of the molecule is CNc1ccnc(N2CCN(Cc3ccc(Cl)nc3)CC2)n1.